The molecule has 0 heterocycles. The normalized spacial score (nSPS) is 12.5. The van der Waals surface area contributed by atoms with Crippen LogP contribution < -0.4 is 11.1 Å². The number of amides is 1. The van der Waals surface area contributed by atoms with E-state index in [0.29, 0.717) is 43.0 Å². The van der Waals surface area contributed by atoms with Crippen molar-refractivity contribution < 1.29 is 73.5 Å². The second-order valence-corrected chi connectivity index (χ2v) is 18.1. The first kappa shape index (κ1) is 48.0. The van der Waals surface area contributed by atoms with Crippen molar-refractivity contribution in [1.82, 2.24) is 5.32 Å². The number of fused-ring (bicyclic) bond motifs is 1. The number of nitrogens with two attached hydrogens (primary N) is 1. The summed E-state index contributed by atoms with van der Waals surface area (Å²) in [5.74, 6) is -1.72. The fourth-order valence-corrected chi connectivity index (χ4v) is 7.93. The van der Waals surface area contributed by atoms with Crippen LogP contribution in [-0.4, -0.2) is 82.6 Å². The van der Waals surface area contributed by atoms with Gasteiger partial charge in [-0.3, -0.25) is 14.2 Å². The molecule has 4 aromatic carbocycles. The summed E-state index contributed by atoms with van der Waals surface area (Å²) < 4.78 is 98.6. The van der Waals surface area contributed by atoms with Gasteiger partial charge in [-0.05, 0) is 95.8 Å². The monoisotopic (exact) mass is 932 g/mol. The van der Waals surface area contributed by atoms with Gasteiger partial charge in [0, 0.05) is 35.5 Å². The number of carbonyl (C=O) groups excluding carboxylic acids is 1. The van der Waals surface area contributed by atoms with Gasteiger partial charge in [0.15, 0.2) is 21.7 Å². The van der Waals surface area contributed by atoms with E-state index in [1.165, 1.54) is 42.5 Å². The summed E-state index contributed by atoms with van der Waals surface area (Å²) in [4.78, 5) is 16.8. The van der Waals surface area contributed by atoms with Gasteiger partial charge in [0.1, 0.15) is 22.2 Å². The molecule has 0 aliphatic carbocycles. The van der Waals surface area contributed by atoms with Crippen LogP contribution in [-0.2, 0) is 43.6 Å². The summed E-state index contributed by atoms with van der Waals surface area (Å²) in [6.45, 7) is 2.69. The van der Waals surface area contributed by atoms with E-state index in [0.717, 1.165) is 17.8 Å². The van der Waals surface area contributed by atoms with Crippen molar-refractivity contribution in [3.63, 3.8) is 0 Å². The zero-order chi connectivity index (χ0) is 43.9. The van der Waals surface area contributed by atoms with Gasteiger partial charge in [-0.1, -0.05) is 11.1 Å². The van der Waals surface area contributed by atoms with Crippen LogP contribution >= 0.6 is 34.7 Å². The van der Waals surface area contributed by atoms with Crippen LogP contribution in [0.1, 0.15) is 30.1 Å². The molecule has 0 saturated carbocycles. The van der Waals surface area contributed by atoms with Gasteiger partial charge in [0.25, 0.3) is 5.91 Å². The topological polar surface area (TPSA) is 340 Å². The number of nitrogen functional groups attached to an aromatic ring is 1. The average molecular weight is 933 g/mol. The summed E-state index contributed by atoms with van der Waals surface area (Å²) in [5, 5.41) is 45.0. The van der Waals surface area contributed by atoms with E-state index in [-0.39, 0.29) is 62.0 Å². The first-order valence-corrected chi connectivity index (χ1v) is 23.0. The van der Waals surface area contributed by atoms with Gasteiger partial charge in [0.2, 0.25) is 0 Å². The molecule has 0 aliphatic heterocycles. The lowest BCUT2D eigenvalue weighted by Crippen LogP contribution is -2.29. The molecule has 4 rings (SSSR count). The molecule has 60 heavy (non-hydrogen) atoms. The smallest absolute Gasteiger partial charge is 0.433 e. The number of anilines is 1. The molecule has 0 bridgehead atoms. The Labute approximate surface area is 352 Å². The molecule has 4 aromatic rings. The number of nitrogens with one attached hydrogen (secondary N) is 1. The number of hydrogen-bond acceptors (Lipinski definition) is 22. The van der Waals surface area contributed by atoms with Crippen molar-refractivity contribution in [2.24, 2.45) is 20.5 Å². The molecule has 0 fully saturated rings. The molecule has 0 atom stereocenters. The standard InChI is InChI=1S/C33H36N6O16S5/c1-2-51-13-3-4-16-58(43,44)17-12-35-33(41)21-6-5-7-24(18-21)37-39-31-27(59(45,46)47)20-22-19-26(57-54-53-42)30(29(34)28(22)32(31)40)38-36-23-8-10-25(11-9-23)56-15-14-52-55-60(48,49)50/h5-11,18-20,40,42,45-47H,2-4,12-13,16-17,34H2,1H3,(H,35,41)(H,48,49,50). The Bertz CT molecular complexity index is 2490. The predicted molar refractivity (Wildman–Crippen MR) is 220 cm³/mol. The number of azo groups is 2. The van der Waals surface area contributed by atoms with Gasteiger partial charge in [-0.25, -0.2) is 13.7 Å². The van der Waals surface area contributed by atoms with Gasteiger partial charge >= 0.3 is 10.4 Å². The lowest BCUT2D eigenvalue weighted by Gasteiger charge is -2.23. The zero-order valence-electron chi connectivity index (χ0n) is 30.9. The number of hydrogen-bond donors (Lipinski definition) is 8. The number of benzene rings is 4. The lowest BCUT2D eigenvalue weighted by molar-refractivity contribution is -0.432. The van der Waals surface area contributed by atoms with Crippen molar-refractivity contribution in [3.8, 4) is 17.1 Å². The van der Waals surface area contributed by atoms with Crippen molar-refractivity contribution in [3.05, 3.63) is 66.2 Å². The highest BCUT2D eigenvalue weighted by Gasteiger charge is 2.28. The first-order chi connectivity index (χ1) is 28.4. The number of phenolic OH excluding ortho intramolecular Hbond substituents is 1. The van der Waals surface area contributed by atoms with Crippen LogP contribution in [0.4, 0.5) is 28.4 Å². The minimum absolute atomic E-state index is 0.00406. The number of unbranched alkanes of at least 4 members (excludes halogenated alkanes) is 1. The van der Waals surface area contributed by atoms with Crippen molar-refractivity contribution in [2.45, 2.75) is 34.5 Å². The van der Waals surface area contributed by atoms with Crippen LogP contribution in [0.2, 0.25) is 0 Å². The summed E-state index contributed by atoms with van der Waals surface area (Å²) in [6.07, 6.45) is 2.92. The molecule has 9 N–H and O–H groups in total. The summed E-state index contributed by atoms with van der Waals surface area (Å²) >= 11 is 1.30. The van der Waals surface area contributed by atoms with E-state index in [4.69, 9.17) is 20.3 Å². The quantitative estimate of drug-likeness (QED) is 0.00456. The predicted octanol–water partition coefficient (Wildman–Crippen LogP) is 7.69. The zero-order valence-corrected chi connectivity index (χ0v) is 35.0. The molecule has 0 saturated heterocycles. The van der Waals surface area contributed by atoms with Crippen molar-refractivity contribution >= 4 is 100 Å². The van der Waals surface area contributed by atoms with Gasteiger partial charge < -0.3 is 34.6 Å². The Morgan fingerprint density at radius 2 is 1.62 bits per heavy atom. The Hall–Kier alpha value is -4.64. The molecule has 27 heteroatoms. The number of phenols is 1. The summed E-state index contributed by atoms with van der Waals surface area (Å²) in [7, 11) is -12.9. The van der Waals surface area contributed by atoms with Gasteiger partial charge in [-0.15, -0.1) is 14.6 Å². The van der Waals surface area contributed by atoms with Gasteiger partial charge in [-0.2, -0.15) is 18.6 Å². The minimum Gasteiger partial charge on any atom is -0.505 e. The Balaban J connectivity index is 1.60. The minimum atomic E-state index is -4.84. The molecule has 324 valence electrons. The van der Waals surface area contributed by atoms with Crippen LogP contribution in [0.25, 0.3) is 10.8 Å². The lowest BCUT2D eigenvalue weighted by atomic mass is 10.1. The highest BCUT2D eigenvalue weighted by molar-refractivity contribution is 8.19. The third kappa shape index (κ3) is 14.8. The molecule has 0 aromatic heterocycles. The molecule has 0 aliphatic rings. The first-order valence-electron chi connectivity index (χ1n) is 16.8. The van der Waals surface area contributed by atoms with E-state index >= 15 is 0 Å². The molecule has 22 nitrogen and oxygen atoms in total. The number of rotatable bonds is 21. The maximum atomic E-state index is 12.9. The van der Waals surface area contributed by atoms with Gasteiger partial charge in [0.05, 0.1) is 55.8 Å². The number of sulfone groups is 1. The van der Waals surface area contributed by atoms with E-state index in [9.17, 15) is 40.4 Å². The Kier molecular flexibility index (Phi) is 17.8. The fraction of sp³-hybridized carbons (Fsp3) is 0.242. The number of carbonyl (C=O) groups is 1. The summed E-state index contributed by atoms with van der Waals surface area (Å²) in [6, 6.07) is 14.1. The average Bonchev–Trinajstić information content (AvgIpc) is 3.18. The third-order valence-corrected chi connectivity index (χ3v) is 11.7. The molecular formula is C33H36N6O16S5. The second kappa shape index (κ2) is 22.3. The SMILES string of the molecule is CCOCCCCS(=O)(=O)CCNC(=O)c1cccc(N=Nc2c(S(O)(O)O)cc3cc(SOOO)c(N=Nc4ccc(SC#COOS(=O)(=O)O)cc4)c(N)c3c2O)c1. The number of thioether (sulfide) groups is 1. The number of nitrogens with zero attached hydrogens (tertiary/aromatic N) is 4. The van der Waals surface area contributed by atoms with Crippen LogP contribution in [0.5, 0.6) is 5.75 Å². The van der Waals surface area contributed by atoms with E-state index < -0.39 is 53.3 Å². The van der Waals surface area contributed by atoms with Crippen LogP contribution in [0.15, 0.2) is 95.8 Å². The highest BCUT2D eigenvalue weighted by atomic mass is 32.3. The third-order valence-electron chi connectivity index (χ3n) is 7.51. The largest absolute Gasteiger partial charge is 0.505 e. The van der Waals surface area contributed by atoms with E-state index in [2.05, 4.69) is 49.6 Å². The molecular weight excluding hydrogens is 897 g/mol. The maximum absolute atomic E-state index is 12.9. The Morgan fingerprint density at radius 1 is 0.900 bits per heavy atom. The molecule has 1 amide bonds. The van der Waals surface area contributed by atoms with Crippen LogP contribution in [0, 0.1) is 11.4 Å². The van der Waals surface area contributed by atoms with Crippen molar-refractivity contribution in [1.29, 1.82) is 0 Å². The second-order valence-electron chi connectivity index (χ2n) is 11.7. The molecule has 0 radical (unpaired) electrons. The maximum Gasteiger partial charge on any atom is 0.433 e. The summed E-state index contributed by atoms with van der Waals surface area (Å²) in [5.41, 5.74) is 5.81. The fourth-order valence-electron chi connectivity index (χ4n) is 4.89. The Morgan fingerprint density at radius 3 is 2.30 bits per heavy atom. The van der Waals surface area contributed by atoms with E-state index in [1.54, 1.807) is 12.1 Å². The van der Waals surface area contributed by atoms with E-state index in [1.807, 2.05) is 13.0 Å². The molecule has 0 unspecified atom stereocenters. The number of ether oxygens (including phenoxy) is 1. The van der Waals surface area contributed by atoms with Crippen molar-refractivity contribution in [2.75, 3.05) is 37.0 Å². The number of aromatic hydroxyl groups is 1. The van der Waals surface area contributed by atoms with Crippen LogP contribution in [0.3, 0.4) is 0 Å². The molecule has 0 spiro atoms. The highest BCUT2D eigenvalue weighted by Crippen LogP contribution is 2.56.